The standard InChI is InChI=1S/C24H23N5O3S2/c1-15-27-21(22(34-15)16-6-5-7-17(12-16)32-2)24(31)29-10-11-33-20(29)14-26-23(30)18-13-25-19-8-3-4-9-28(18)19/h3-9,12-13,20H,10-11,14H2,1-2H3,(H,26,30). The second kappa shape index (κ2) is 9.47. The highest BCUT2D eigenvalue weighted by atomic mass is 32.2. The summed E-state index contributed by atoms with van der Waals surface area (Å²) in [7, 11) is 1.62. The topological polar surface area (TPSA) is 88.8 Å². The first kappa shape index (κ1) is 22.4. The largest absolute Gasteiger partial charge is 0.497 e. The molecule has 0 spiro atoms. The van der Waals surface area contributed by atoms with Crippen LogP contribution in [0.15, 0.2) is 54.9 Å². The van der Waals surface area contributed by atoms with E-state index in [4.69, 9.17) is 4.74 Å². The van der Waals surface area contributed by atoms with E-state index in [1.54, 1.807) is 34.4 Å². The molecule has 1 aliphatic rings. The van der Waals surface area contributed by atoms with E-state index >= 15 is 0 Å². The molecule has 0 radical (unpaired) electrons. The number of methoxy groups -OCH3 is 1. The smallest absolute Gasteiger partial charge is 0.274 e. The Balaban J connectivity index is 1.33. The molecule has 1 unspecified atom stereocenters. The van der Waals surface area contributed by atoms with E-state index in [9.17, 15) is 9.59 Å². The number of imidazole rings is 1. The minimum Gasteiger partial charge on any atom is -0.497 e. The SMILES string of the molecule is COc1cccc(-c2sc(C)nc2C(=O)N2CCSC2CNC(=O)c2cnc3ccccn23)c1. The van der Waals surface area contributed by atoms with Crippen molar-refractivity contribution in [2.24, 2.45) is 0 Å². The molecule has 1 aromatic carbocycles. The number of hydrogen-bond acceptors (Lipinski definition) is 7. The van der Waals surface area contributed by atoms with Gasteiger partial charge in [-0.3, -0.25) is 14.0 Å². The summed E-state index contributed by atoms with van der Waals surface area (Å²) in [5.74, 6) is 1.19. The van der Waals surface area contributed by atoms with Crippen molar-refractivity contribution in [1.29, 1.82) is 0 Å². The van der Waals surface area contributed by atoms with Crippen LogP contribution in [0, 0.1) is 6.92 Å². The summed E-state index contributed by atoms with van der Waals surface area (Å²) >= 11 is 3.15. The molecule has 174 valence electrons. The lowest BCUT2D eigenvalue weighted by molar-refractivity contribution is 0.0746. The molecule has 4 heterocycles. The van der Waals surface area contributed by atoms with Crippen LogP contribution in [0.25, 0.3) is 16.1 Å². The molecule has 1 aliphatic heterocycles. The lowest BCUT2D eigenvalue weighted by Gasteiger charge is -2.23. The predicted molar refractivity (Wildman–Crippen MR) is 134 cm³/mol. The number of nitrogens with one attached hydrogen (secondary N) is 1. The van der Waals surface area contributed by atoms with Crippen LogP contribution in [0.5, 0.6) is 5.75 Å². The number of thioether (sulfide) groups is 1. The molecule has 2 amide bonds. The summed E-state index contributed by atoms with van der Waals surface area (Å²) < 4.78 is 7.10. The highest BCUT2D eigenvalue weighted by molar-refractivity contribution is 8.00. The lowest BCUT2D eigenvalue weighted by Crippen LogP contribution is -2.42. The number of fused-ring (bicyclic) bond motifs is 1. The molecule has 34 heavy (non-hydrogen) atoms. The first-order chi connectivity index (χ1) is 16.5. The van der Waals surface area contributed by atoms with Gasteiger partial charge in [0.25, 0.3) is 11.8 Å². The molecule has 1 N–H and O–H groups in total. The van der Waals surface area contributed by atoms with Crippen molar-refractivity contribution in [3.8, 4) is 16.2 Å². The number of carbonyl (C=O) groups excluding carboxylic acids is 2. The van der Waals surface area contributed by atoms with Gasteiger partial charge in [0.15, 0.2) is 0 Å². The van der Waals surface area contributed by atoms with Crippen molar-refractivity contribution in [3.05, 3.63) is 71.3 Å². The number of pyridine rings is 1. The lowest BCUT2D eigenvalue weighted by atomic mass is 10.1. The summed E-state index contributed by atoms with van der Waals surface area (Å²) in [6, 6.07) is 13.2. The molecular formula is C24H23N5O3S2. The Morgan fingerprint density at radius 3 is 2.97 bits per heavy atom. The molecule has 4 aromatic rings. The third-order valence-corrected chi connectivity index (χ3v) is 7.85. The monoisotopic (exact) mass is 493 g/mol. The normalized spacial score (nSPS) is 15.6. The van der Waals surface area contributed by atoms with Crippen LogP contribution in [-0.4, -0.2) is 62.4 Å². The second-order valence-electron chi connectivity index (χ2n) is 7.75. The number of benzene rings is 1. The third kappa shape index (κ3) is 4.26. The number of rotatable bonds is 6. The predicted octanol–water partition coefficient (Wildman–Crippen LogP) is 3.72. The Kier molecular flexibility index (Phi) is 6.25. The summed E-state index contributed by atoms with van der Waals surface area (Å²) in [5.41, 5.74) is 2.52. The van der Waals surface area contributed by atoms with Crippen molar-refractivity contribution < 1.29 is 14.3 Å². The molecule has 1 atom stereocenters. The zero-order chi connectivity index (χ0) is 23.7. The van der Waals surface area contributed by atoms with E-state index in [1.165, 1.54) is 11.3 Å². The van der Waals surface area contributed by atoms with E-state index in [0.717, 1.165) is 27.0 Å². The number of thiazole rings is 1. The maximum atomic E-state index is 13.6. The van der Waals surface area contributed by atoms with Crippen LogP contribution >= 0.6 is 23.1 Å². The van der Waals surface area contributed by atoms with Crippen molar-refractivity contribution in [2.75, 3.05) is 26.0 Å². The van der Waals surface area contributed by atoms with Gasteiger partial charge in [-0.2, -0.15) is 0 Å². The number of aryl methyl sites for hydroxylation is 1. The summed E-state index contributed by atoms with van der Waals surface area (Å²) in [5, 5.41) is 3.63. The van der Waals surface area contributed by atoms with Gasteiger partial charge in [0.1, 0.15) is 22.8 Å². The van der Waals surface area contributed by atoms with Gasteiger partial charge in [0.05, 0.1) is 28.6 Å². The molecule has 8 nitrogen and oxygen atoms in total. The highest BCUT2D eigenvalue weighted by Crippen LogP contribution is 2.34. The molecule has 0 saturated carbocycles. The second-order valence-corrected chi connectivity index (χ2v) is 10.2. The van der Waals surface area contributed by atoms with Crippen LogP contribution in [0.1, 0.15) is 26.0 Å². The molecular weight excluding hydrogens is 470 g/mol. The first-order valence-corrected chi connectivity index (χ1v) is 12.7. The molecule has 1 fully saturated rings. The minimum atomic E-state index is -0.222. The van der Waals surface area contributed by atoms with E-state index in [1.807, 2.05) is 55.6 Å². The molecule has 10 heteroatoms. The number of aromatic nitrogens is 3. The zero-order valence-electron chi connectivity index (χ0n) is 18.7. The Hall–Kier alpha value is -3.37. The van der Waals surface area contributed by atoms with Gasteiger partial charge in [-0.25, -0.2) is 9.97 Å². The molecule has 1 saturated heterocycles. The Morgan fingerprint density at radius 2 is 2.12 bits per heavy atom. The first-order valence-electron chi connectivity index (χ1n) is 10.8. The van der Waals surface area contributed by atoms with Crippen LogP contribution < -0.4 is 10.1 Å². The number of nitrogens with zero attached hydrogens (tertiary/aromatic N) is 4. The summed E-state index contributed by atoms with van der Waals surface area (Å²) in [4.78, 5) is 37.9. The summed E-state index contributed by atoms with van der Waals surface area (Å²) in [6.45, 7) is 2.85. The van der Waals surface area contributed by atoms with E-state index in [-0.39, 0.29) is 17.2 Å². The maximum Gasteiger partial charge on any atom is 0.274 e. The molecule has 3 aromatic heterocycles. The zero-order valence-corrected chi connectivity index (χ0v) is 20.4. The van der Waals surface area contributed by atoms with Crippen molar-refractivity contribution in [1.82, 2.24) is 24.6 Å². The van der Waals surface area contributed by atoms with Gasteiger partial charge < -0.3 is 15.0 Å². The molecule has 5 rings (SSSR count). The van der Waals surface area contributed by atoms with Gasteiger partial charge in [-0.05, 0) is 36.8 Å². The number of amides is 2. The fraction of sp³-hybridized carbons (Fsp3) is 0.250. The number of hydrogen-bond donors (Lipinski definition) is 1. The van der Waals surface area contributed by atoms with E-state index < -0.39 is 0 Å². The van der Waals surface area contributed by atoms with Crippen molar-refractivity contribution in [2.45, 2.75) is 12.3 Å². The van der Waals surface area contributed by atoms with Crippen LogP contribution in [0.4, 0.5) is 0 Å². The van der Waals surface area contributed by atoms with Crippen molar-refractivity contribution >= 4 is 40.6 Å². The average molecular weight is 494 g/mol. The quantitative estimate of drug-likeness (QED) is 0.440. The number of carbonyl (C=O) groups is 2. The third-order valence-electron chi connectivity index (χ3n) is 5.61. The fourth-order valence-corrected chi connectivity index (χ4v) is 6.02. The van der Waals surface area contributed by atoms with E-state index in [2.05, 4.69) is 15.3 Å². The average Bonchev–Trinajstić information content (AvgIpc) is 3.60. The van der Waals surface area contributed by atoms with Gasteiger partial charge in [-0.1, -0.05) is 18.2 Å². The fourth-order valence-electron chi connectivity index (χ4n) is 3.96. The number of ether oxygens (including phenoxy) is 1. The van der Waals surface area contributed by atoms with Crippen LogP contribution in [0.3, 0.4) is 0 Å². The van der Waals surface area contributed by atoms with Gasteiger partial charge in [0, 0.05) is 25.0 Å². The summed E-state index contributed by atoms with van der Waals surface area (Å²) in [6.07, 6.45) is 3.37. The van der Waals surface area contributed by atoms with Gasteiger partial charge >= 0.3 is 0 Å². The van der Waals surface area contributed by atoms with Gasteiger partial charge in [0.2, 0.25) is 0 Å². The minimum absolute atomic E-state index is 0.124. The maximum absolute atomic E-state index is 13.6. The molecule has 0 aliphatic carbocycles. The van der Waals surface area contributed by atoms with Crippen LogP contribution in [-0.2, 0) is 0 Å². The van der Waals surface area contributed by atoms with Crippen molar-refractivity contribution in [3.63, 3.8) is 0 Å². The van der Waals surface area contributed by atoms with E-state index in [0.29, 0.717) is 30.1 Å². The highest BCUT2D eigenvalue weighted by Gasteiger charge is 2.33. The Labute approximate surface area is 205 Å². The molecule has 0 bridgehead atoms. The Morgan fingerprint density at radius 1 is 1.24 bits per heavy atom. The Bertz CT molecular complexity index is 1370. The van der Waals surface area contributed by atoms with Crippen LogP contribution in [0.2, 0.25) is 0 Å². The van der Waals surface area contributed by atoms with Gasteiger partial charge in [-0.15, -0.1) is 23.1 Å².